The van der Waals surface area contributed by atoms with Crippen LogP contribution in [-0.2, 0) is 0 Å². The summed E-state index contributed by atoms with van der Waals surface area (Å²) >= 11 is 0. The number of aromatic nitrogens is 2. The predicted octanol–water partition coefficient (Wildman–Crippen LogP) is 4.17. The largest absolute Gasteiger partial charge is 0.478 e. The van der Waals surface area contributed by atoms with E-state index in [1.165, 1.54) is 12.1 Å². The normalized spacial score (nSPS) is 10.8. The summed E-state index contributed by atoms with van der Waals surface area (Å²) in [5.41, 5.74) is 3.26. The zero-order valence-electron chi connectivity index (χ0n) is 13.4. The van der Waals surface area contributed by atoms with Gasteiger partial charge in [-0.3, -0.25) is 0 Å². The van der Waals surface area contributed by atoms with Crippen LogP contribution < -0.4 is 0 Å². The lowest BCUT2D eigenvalue weighted by Crippen LogP contribution is -2.01. The molecule has 3 aromatic rings. The molecule has 0 unspecified atom stereocenters. The van der Waals surface area contributed by atoms with Gasteiger partial charge in [-0.2, -0.15) is 4.98 Å². The van der Waals surface area contributed by atoms with Crippen molar-refractivity contribution in [1.29, 1.82) is 0 Å². The number of rotatable bonds is 3. The third-order valence-corrected chi connectivity index (χ3v) is 3.82. The van der Waals surface area contributed by atoms with Crippen LogP contribution in [0.4, 0.5) is 4.39 Å². The Balaban J connectivity index is 2.10. The number of halogens is 1. The van der Waals surface area contributed by atoms with Gasteiger partial charge in [-0.05, 0) is 50.1 Å². The molecule has 2 aromatic carbocycles. The number of hydrogen-bond donors (Lipinski definition) is 1. The first-order valence-electron chi connectivity index (χ1n) is 7.32. The zero-order chi connectivity index (χ0) is 17.4. The molecule has 3 rings (SSSR count). The van der Waals surface area contributed by atoms with E-state index in [2.05, 4.69) is 10.1 Å². The molecule has 0 aliphatic heterocycles. The maximum atomic E-state index is 14.0. The molecule has 0 spiro atoms. The highest BCUT2D eigenvalue weighted by atomic mass is 19.1. The van der Waals surface area contributed by atoms with Crippen LogP contribution in [0.3, 0.4) is 0 Å². The lowest BCUT2D eigenvalue weighted by molar-refractivity contribution is 0.0696. The lowest BCUT2D eigenvalue weighted by Gasteiger charge is -2.06. The van der Waals surface area contributed by atoms with Crippen molar-refractivity contribution >= 4 is 5.97 Å². The molecule has 0 bridgehead atoms. The predicted molar refractivity (Wildman–Crippen MR) is 86.3 cm³/mol. The second-order valence-electron chi connectivity index (χ2n) is 5.69. The SMILES string of the molecule is Cc1ccc(F)c(-c2nc(-c3cc(C(=O)O)c(C)cc3C)no2)c1. The monoisotopic (exact) mass is 326 g/mol. The van der Waals surface area contributed by atoms with E-state index >= 15 is 0 Å². The van der Waals surface area contributed by atoms with E-state index in [0.717, 1.165) is 11.1 Å². The van der Waals surface area contributed by atoms with Gasteiger partial charge in [-0.15, -0.1) is 0 Å². The lowest BCUT2D eigenvalue weighted by atomic mass is 9.99. The molecule has 0 amide bonds. The summed E-state index contributed by atoms with van der Waals surface area (Å²) in [6, 6.07) is 7.88. The average Bonchev–Trinajstić information content (AvgIpc) is 2.98. The number of carboxylic acids is 1. The minimum absolute atomic E-state index is 0.0584. The Labute approximate surface area is 137 Å². The number of carboxylic acid groups (broad SMARTS) is 1. The van der Waals surface area contributed by atoms with Crippen molar-refractivity contribution in [1.82, 2.24) is 10.1 Å². The van der Waals surface area contributed by atoms with Crippen LogP contribution in [0.25, 0.3) is 22.8 Å². The number of carbonyl (C=O) groups is 1. The maximum absolute atomic E-state index is 14.0. The highest BCUT2D eigenvalue weighted by molar-refractivity contribution is 5.91. The molecule has 0 saturated heterocycles. The Hall–Kier alpha value is -3.02. The van der Waals surface area contributed by atoms with E-state index in [9.17, 15) is 14.3 Å². The van der Waals surface area contributed by atoms with Gasteiger partial charge >= 0.3 is 5.97 Å². The van der Waals surface area contributed by atoms with E-state index in [-0.39, 0.29) is 22.8 Å². The van der Waals surface area contributed by atoms with Crippen molar-refractivity contribution in [3.8, 4) is 22.8 Å². The summed E-state index contributed by atoms with van der Waals surface area (Å²) in [5, 5.41) is 13.1. The number of nitrogens with zero attached hydrogens (tertiary/aromatic N) is 2. The van der Waals surface area contributed by atoms with Gasteiger partial charge in [-0.25, -0.2) is 9.18 Å². The third kappa shape index (κ3) is 2.78. The molecule has 1 heterocycles. The van der Waals surface area contributed by atoms with Gasteiger partial charge in [0.2, 0.25) is 5.82 Å². The van der Waals surface area contributed by atoms with Crippen LogP contribution in [0.5, 0.6) is 0 Å². The van der Waals surface area contributed by atoms with E-state index in [1.54, 1.807) is 25.1 Å². The number of aryl methyl sites for hydroxylation is 3. The van der Waals surface area contributed by atoms with Crippen molar-refractivity contribution in [3.63, 3.8) is 0 Å². The zero-order valence-corrected chi connectivity index (χ0v) is 13.4. The summed E-state index contributed by atoms with van der Waals surface area (Å²) < 4.78 is 19.1. The topological polar surface area (TPSA) is 76.2 Å². The minimum atomic E-state index is -1.03. The summed E-state index contributed by atoms with van der Waals surface area (Å²) in [6.07, 6.45) is 0. The molecule has 1 N–H and O–H groups in total. The molecule has 24 heavy (non-hydrogen) atoms. The summed E-state index contributed by atoms with van der Waals surface area (Å²) in [4.78, 5) is 15.5. The van der Waals surface area contributed by atoms with Crippen LogP contribution in [-0.4, -0.2) is 21.2 Å². The number of aromatic carboxylic acids is 1. The molecule has 0 aliphatic carbocycles. The van der Waals surface area contributed by atoms with Crippen LogP contribution in [0, 0.1) is 26.6 Å². The van der Waals surface area contributed by atoms with Gasteiger partial charge in [0, 0.05) is 5.56 Å². The van der Waals surface area contributed by atoms with Crippen molar-refractivity contribution < 1.29 is 18.8 Å². The third-order valence-electron chi connectivity index (χ3n) is 3.82. The molecule has 1 aromatic heterocycles. The Morgan fingerprint density at radius 2 is 1.83 bits per heavy atom. The summed E-state index contributed by atoms with van der Waals surface area (Å²) in [7, 11) is 0. The van der Waals surface area contributed by atoms with Gasteiger partial charge in [0.05, 0.1) is 11.1 Å². The van der Waals surface area contributed by atoms with Crippen molar-refractivity contribution in [3.05, 3.63) is 58.4 Å². The van der Waals surface area contributed by atoms with Gasteiger partial charge in [0.1, 0.15) is 5.82 Å². The summed E-state index contributed by atoms with van der Waals surface area (Å²) in [6.45, 7) is 5.39. The summed E-state index contributed by atoms with van der Waals surface area (Å²) in [5.74, 6) is -1.20. The average molecular weight is 326 g/mol. The molecular weight excluding hydrogens is 311 g/mol. The molecule has 0 aliphatic rings. The van der Waals surface area contributed by atoms with E-state index in [0.29, 0.717) is 11.1 Å². The molecule has 122 valence electrons. The van der Waals surface area contributed by atoms with Crippen molar-refractivity contribution in [2.24, 2.45) is 0 Å². The first kappa shape index (κ1) is 15.9. The number of hydrogen-bond acceptors (Lipinski definition) is 4. The molecule has 0 atom stereocenters. The van der Waals surface area contributed by atoms with Crippen molar-refractivity contribution in [2.75, 3.05) is 0 Å². The van der Waals surface area contributed by atoms with Gasteiger partial charge in [-0.1, -0.05) is 22.9 Å². The Morgan fingerprint density at radius 3 is 2.54 bits per heavy atom. The smallest absolute Gasteiger partial charge is 0.335 e. The van der Waals surface area contributed by atoms with Crippen molar-refractivity contribution in [2.45, 2.75) is 20.8 Å². The van der Waals surface area contributed by atoms with E-state index in [1.807, 2.05) is 13.8 Å². The van der Waals surface area contributed by atoms with E-state index in [4.69, 9.17) is 4.52 Å². The molecule has 0 radical (unpaired) electrons. The molecule has 5 nitrogen and oxygen atoms in total. The highest BCUT2D eigenvalue weighted by Crippen LogP contribution is 2.28. The first-order chi connectivity index (χ1) is 11.4. The van der Waals surface area contributed by atoms with Crippen LogP contribution in [0.15, 0.2) is 34.9 Å². The first-order valence-corrected chi connectivity index (χ1v) is 7.32. The van der Waals surface area contributed by atoms with Gasteiger partial charge in [0.25, 0.3) is 5.89 Å². The Bertz CT molecular complexity index is 947. The highest BCUT2D eigenvalue weighted by Gasteiger charge is 2.18. The standard InChI is InChI=1S/C18H15FN2O3/c1-9-4-5-15(19)14(6-9)17-20-16(21-24-17)12-8-13(18(22)23)11(3)7-10(12)2/h4-8H,1-3H3,(H,22,23). The van der Waals surface area contributed by atoms with Crippen LogP contribution in [0.2, 0.25) is 0 Å². The van der Waals surface area contributed by atoms with E-state index < -0.39 is 11.8 Å². The number of benzene rings is 2. The molecular formula is C18H15FN2O3. The maximum Gasteiger partial charge on any atom is 0.335 e. The molecule has 6 heteroatoms. The second-order valence-corrected chi connectivity index (χ2v) is 5.69. The quantitative estimate of drug-likeness (QED) is 0.782. The van der Waals surface area contributed by atoms with Gasteiger partial charge in [0.15, 0.2) is 0 Å². The van der Waals surface area contributed by atoms with Crippen LogP contribution in [0.1, 0.15) is 27.0 Å². The Kier molecular flexibility index (Phi) is 3.89. The second kappa shape index (κ2) is 5.88. The van der Waals surface area contributed by atoms with Crippen LogP contribution >= 0.6 is 0 Å². The molecule has 0 saturated carbocycles. The molecule has 0 fully saturated rings. The fourth-order valence-corrected chi connectivity index (χ4v) is 2.57. The fraction of sp³-hybridized carbons (Fsp3) is 0.167. The van der Waals surface area contributed by atoms with Gasteiger partial charge < -0.3 is 9.63 Å². The Morgan fingerprint density at radius 1 is 1.08 bits per heavy atom. The minimum Gasteiger partial charge on any atom is -0.478 e. The fourth-order valence-electron chi connectivity index (χ4n) is 2.57.